The summed E-state index contributed by atoms with van der Waals surface area (Å²) in [5.74, 6) is -0.291. The van der Waals surface area contributed by atoms with Gasteiger partial charge in [-0.25, -0.2) is 0 Å². The largest absolute Gasteiger partial charge is 0.383 e. The van der Waals surface area contributed by atoms with E-state index in [1.807, 2.05) is 34.9 Å². The van der Waals surface area contributed by atoms with Crippen LogP contribution in [0.15, 0.2) is 41.4 Å². The molecule has 3 rings (SSSR count). The van der Waals surface area contributed by atoms with Crippen LogP contribution in [0.25, 0.3) is 10.2 Å². The summed E-state index contributed by atoms with van der Waals surface area (Å²) >= 11 is 14.0. The third-order valence-electron chi connectivity index (χ3n) is 4.45. The Morgan fingerprint density at radius 1 is 1.14 bits per heavy atom. The van der Waals surface area contributed by atoms with Gasteiger partial charge in [0, 0.05) is 19.2 Å². The monoisotopic (exact) mass is 436 g/mol. The van der Waals surface area contributed by atoms with Crippen LogP contribution >= 0.6 is 34.5 Å². The van der Waals surface area contributed by atoms with Gasteiger partial charge in [-0.1, -0.05) is 67.4 Å². The number of amides is 1. The number of hydrogen-bond acceptors (Lipinski definition) is 3. The molecule has 2 aromatic carbocycles. The Kier molecular flexibility index (Phi) is 6.30. The molecule has 3 aromatic rings. The van der Waals surface area contributed by atoms with Gasteiger partial charge in [0.25, 0.3) is 5.91 Å². The van der Waals surface area contributed by atoms with Crippen molar-refractivity contribution >= 4 is 50.7 Å². The van der Waals surface area contributed by atoms with Gasteiger partial charge in [0.15, 0.2) is 4.80 Å². The number of ether oxygens (including phenoxy) is 1. The maximum atomic E-state index is 12.8. The van der Waals surface area contributed by atoms with Crippen LogP contribution < -0.4 is 4.80 Å². The maximum absolute atomic E-state index is 12.8. The molecule has 0 bridgehead atoms. The number of methoxy groups -OCH3 is 1. The fourth-order valence-corrected chi connectivity index (χ4v) is 4.38. The van der Waals surface area contributed by atoms with Crippen molar-refractivity contribution in [3.63, 3.8) is 0 Å². The number of carbonyl (C=O) groups is 1. The van der Waals surface area contributed by atoms with E-state index in [-0.39, 0.29) is 11.3 Å². The molecule has 7 heteroatoms. The molecule has 0 fully saturated rings. The summed E-state index contributed by atoms with van der Waals surface area (Å²) in [5, 5.41) is 0.920. The molecule has 0 saturated carbocycles. The first kappa shape index (κ1) is 21.1. The van der Waals surface area contributed by atoms with E-state index in [1.165, 1.54) is 16.9 Å². The summed E-state index contributed by atoms with van der Waals surface area (Å²) in [7, 11) is 1.63. The lowest BCUT2D eigenvalue weighted by atomic mass is 9.87. The Morgan fingerprint density at radius 3 is 2.43 bits per heavy atom. The van der Waals surface area contributed by atoms with Crippen molar-refractivity contribution in [3.05, 3.63) is 62.4 Å². The van der Waals surface area contributed by atoms with E-state index in [9.17, 15) is 4.79 Å². The summed E-state index contributed by atoms with van der Waals surface area (Å²) < 4.78 is 8.01. The summed E-state index contributed by atoms with van der Waals surface area (Å²) in [4.78, 5) is 17.7. The molecule has 1 amide bonds. The minimum absolute atomic E-state index is 0.0311. The predicted octanol–water partition coefficient (Wildman–Crippen LogP) is 5.69. The van der Waals surface area contributed by atoms with Gasteiger partial charge < -0.3 is 9.30 Å². The molecular formula is C21H22Cl2N2O2S. The summed E-state index contributed by atoms with van der Waals surface area (Å²) in [6.45, 7) is 7.40. The van der Waals surface area contributed by atoms with Crippen molar-refractivity contribution in [1.82, 2.24) is 4.57 Å². The van der Waals surface area contributed by atoms with Crippen molar-refractivity contribution in [3.8, 4) is 0 Å². The van der Waals surface area contributed by atoms with E-state index < -0.39 is 0 Å². The topological polar surface area (TPSA) is 43.6 Å². The fraction of sp³-hybridized carbons (Fsp3) is 0.333. The molecule has 0 N–H and O–H groups in total. The van der Waals surface area contributed by atoms with Crippen LogP contribution in [0.2, 0.25) is 10.0 Å². The van der Waals surface area contributed by atoms with Gasteiger partial charge in [-0.2, -0.15) is 4.99 Å². The first-order valence-electron chi connectivity index (χ1n) is 8.88. The van der Waals surface area contributed by atoms with Crippen LogP contribution in [-0.4, -0.2) is 24.2 Å². The highest BCUT2D eigenvalue weighted by Crippen LogP contribution is 2.32. The van der Waals surface area contributed by atoms with E-state index in [0.29, 0.717) is 33.6 Å². The molecule has 1 aromatic heterocycles. The van der Waals surface area contributed by atoms with Crippen molar-refractivity contribution < 1.29 is 9.53 Å². The molecule has 0 aliphatic rings. The number of carbonyl (C=O) groups excluding carboxylic acids is 1. The molecule has 0 atom stereocenters. The zero-order valence-electron chi connectivity index (χ0n) is 16.3. The highest BCUT2D eigenvalue weighted by molar-refractivity contribution is 7.16. The summed E-state index contributed by atoms with van der Waals surface area (Å²) in [6, 6.07) is 11.2. The smallest absolute Gasteiger partial charge is 0.279 e. The average molecular weight is 437 g/mol. The van der Waals surface area contributed by atoms with Crippen molar-refractivity contribution in [2.75, 3.05) is 13.7 Å². The van der Waals surface area contributed by atoms with Gasteiger partial charge in [-0.05, 0) is 35.2 Å². The molecule has 28 heavy (non-hydrogen) atoms. The van der Waals surface area contributed by atoms with E-state index in [1.54, 1.807) is 13.2 Å². The molecule has 0 unspecified atom stereocenters. The number of fused-ring (bicyclic) bond motifs is 1. The maximum Gasteiger partial charge on any atom is 0.279 e. The quantitative estimate of drug-likeness (QED) is 0.526. The lowest BCUT2D eigenvalue weighted by Gasteiger charge is -2.18. The third-order valence-corrected chi connectivity index (χ3v) is 6.29. The van der Waals surface area contributed by atoms with E-state index in [4.69, 9.17) is 27.9 Å². The second kappa shape index (κ2) is 8.37. The Morgan fingerprint density at radius 2 is 1.82 bits per heavy atom. The number of nitrogens with zero attached hydrogens (tertiary/aromatic N) is 2. The molecule has 0 saturated heterocycles. The Labute approximate surface area is 178 Å². The Hall–Kier alpha value is -1.66. The van der Waals surface area contributed by atoms with Crippen LogP contribution in [0.4, 0.5) is 0 Å². The molecule has 4 nitrogen and oxygen atoms in total. The average Bonchev–Trinajstić information content (AvgIpc) is 3.00. The number of hydrogen-bond donors (Lipinski definition) is 0. The predicted molar refractivity (Wildman–Crippen MR) is 117 cm³/mol. The van der Waals surface area contributed by atoms with Gasteiger partial charge in [-0.3, -0.25) is 4.79 Å². The van der Waals surface area contributed by atoms with Crippen LogP contribution in [0.5, 0.6) is 0 Å². The van der Waals surface area contributed by atoms with Gasteiger partial charge in [0.1, 0.15) is 0 Å². The molecule has 0 aliphatic heterocycles. The summed E-state index contributed by atoms with van der Waals surface area (Å²) in [6.07, 6.45) is 0. The van der Waals surface area contributed by atoms with Gasteiger partial charge in [-0.15, -0.1) is 0 Å². The first-order chi connectivity index (χ1) is 13.2. The number of halogens is 2. The molecule has 0 spiro atoms. The molecule has 1 heterocycles. The van der Waals surface area contributed by atoms with Crippen molar-refractivity contribution in [2.24, 2.45) is 4.99 Å². The lowest BCUT2D eigenvalue weighted by molar-refractivity contribution is 0.0997. The second-order valence-electron chi connectivity index (χ2n) is 7.48. The van der Waals surface area contributed by atoms with Gasteiger partial charge in [0.05, 0.1) is 26.9 Å². The minimum atomic E-state index is -0.291. The summed E-state index contributed by atoms with van der Waals surface area (Å²) in [5.41, 5.74) is 2.52. The fourth-order valence-electron chi connectivity index (χ4n) is 2.84. The number of benzene rings is 2. The van der Waals surface area contributed by atoms with Gasteiger partial charge in [0.2, 0.25) is 0 Å². The molecular weight excluding hydrogens is 415 g/mol. The molecule has 148 valence electrons. The first-order valence-corrected chi connectivity index (χ1v) is 10.5. The number of rotatable bonds is 4. The number of thiazole rings is 1. The Bertz CT molecular complexity index is 1080. The van der Waals surface area contributed by atoms with Crippen molar-refractivity contribution in [2.45, 2.75) is 32.7 Å². The van der Waals surface area contributed by atoms with Crippen molar-refractivity contribution in [1.29, 1.82) is 0 Å². The molecule has 0 aliphatic carbocycles. The normalized spacial score (nSPS) is 12.7. The standard InChI is InChI=1S/C21H22Cl2N2O2S/c1-21(2,3)14-7-5-13(6-8-14)19(26)24-20-25(11-12-27-4)18-16(28-20)10-9-15(22)17(18)23/h5-10H,11-12H2,1-4H3. The molecule has 0 radical (unpaired) electrons. The lowest BCUT2D eigenvalue weighted by Crippen LogP contribution is -2.19. The van der Waals surface area contributed by atoms with E-state index >= 15 is 0 Å². The van der Waals surface area contributed by atoms with Crippen LogP contribution in [0, 0.1) is 0 Å². The van der Waals surface area contributed by atoms with E-state index in [2.05, 4.69) is 25.8 Å². The van der Waals surface area contributed by atoms with Crippen LogP contribution in [-0.2, 0) is 16.7 Å². The third kappa shape index (κ3) is 4.33. The highest BCUT2D eigenvalue weighted by atomic mass is 35.5. The SMILES string of the molecule is COCCn1c(=NC(=O)c2ccc(C(C)(C)C)cc2)sc2ccc(Cl)c(Cl)c21. The van der Waals surface area contributed by atoms with E-state index in [0.717, 1.165) is 10.2 Å². The zero-order valence-corrected chi connectivity index (χ0v) is 18.6. The zero-order chi connectivity index (χ0) is 20.5. The Balaban J connectivity index is 2.07. The van der Waals surface area contributed by atoms with Gasteiger partial charge >= 0.3 is 0 Å². The van der Waals surface area contributed by atoms with Crippen LogP contribution in [0.1, 0.15) is 36.7 Å². The van der Waals surface area contributed by atoms with Crippen LogP contribution in [0.3, 0.4) is 0 Å². The minimum Gasteiger partial charge on any atom is -0.383 e. The highest BCUT2D eigenvalue weighted by Gasteiger charge is 2.16. The second-order valence-corrected chi connectivity index (χ2v) is 9.28. The number of aromatic nitrogens is 1.